The first-order valence-corrected chi connectivity index (χ1v) is 7.66. The van der Waals surface area contributed by atoms with Gasteiger partial charge in [-0.3, -0.25) is 0 Å². The molecule has 0 fully saturated rings. The molecule has 14 heavy (non-hydrogen) atoms. The van der Waals surface area contributed by atoms with Gasteiger partial charge in [0.1, 0.15) is 0 Å². The van der Waals surface area contributed by atoms with Gasteiger partial charge in [-0.2, -0.15) is 0 Å². The van der Waals surface area contributed by atoms with Crippen molar-refractivity contribution in [2.24, 2.45) is 0 Å². The van der Waals surface area contributed by atoms with Gasteiger partial charge in [0.15, 0.2) is 0 Å². The van der Waals surface area contributed by atoms with Gasteiger partial charge in [0.25, 0.3) is 0 Å². The van der Waals surface area contributed by atoms with Crippen molar-refractivity contribution < 1.29 is 37.4 Å². The summed E-state index contributed by atoms with van der Waals surface area (Å²) in [7, 11) is -4.97. The van der Waals surface area contributed by atoms with E-state index in [4.69, 9.17) is 25.0 Å². The second-order valence-corrected chi connectivity index (χ2v) is 9.23. The van der Waals surface area contributed by atoms with Gasteiger partial charge < -0.3 is 0 Å². The summed E-state index contributed by atoms with van der Waals surface area (Å²) in [6, 6.07) is 0. The minimum absolute atomic E-state index is 1.06. The van der Waals surface area contributed by atoms with Crippen LogP contribution in [-0.4, -0.2) is 58.8 Å². The van der Waals surface area contributed by atoms with E-state index < -0.39 is 42.6 Å². The van der Waals surface area contributed by atoms with E-state index in [0.717, 1.165) is 0 Å². The minimum atomic E-state index is -4.97. The van der Waals surface area contributed by atoms with Crippen molar-refractivity contribution in [3.8, 4) is 0 Å². The van der Waals surface area contributed by atoms with Crippen molar-refractivity contribution in [2.45, 2.75) is 0 Å². The molecule has 0 amide bonds. The molecule has 0 aromatic heterocycles. The Morgan fingerprint density at radius 3 is 1.29 bits per heavy atom. The molecule has 0 aromatic rings. The molecule has 0 aliphatic heterocycles. The van der Waals surface area contributed by atoms with Crippen LogP contribution in [0.3, 0.4) is 0 Å². The van der Waals surface area contributed by atoms with Gasteiger partial charge >= 0.3 is 80.0 Å². The molecular weight excluding hydrogens is 239 g/mol. The first-order chi connectivity index (χ1) is 6.26. The van der Waals surface area contributed by atoms with Crippen LogP contribution in [0.2, 0.25) is 0 Å². The third-order valence-corrected chi connectivity index (χ3v) is 7.04. The van der Waals surface area contributed by atoms with E-state index in [1.807, 2.05) is 0 Å². The van der Waals surface area contributed by atoms with E-state index in [0.29, 0.717) is 0 Å². The average molecular weight is 252 g/mol. The summed E-state index contributed by atoms with van der Waals surface area (Å²) in [4.78, 5) is 0. The van der Waals surface area contributed by atoms with Gasteiger partial charge in [0.05, 0.1) is 0 Å². The second-order valence-electron chi connectivity index (χ2n) is 2.93. The van der Waals surface area contributed by atoms with E-state index >= 15 is 0 Å². The summed E-state index contributed by atoms with van der Waals surface area (Å²) in [5, 5.41) is 35.5. The normalized spacial score (nSPS) is 16.2. The molecule has 0 spiro atoms. The molecular formula is C4H13O8PS. The fraction of sp³-hybridized carbons (Fsp3) is 1.00. The molecule has 0 saturated heterocycles. The molecule has 0 aromatic carbocycles. The van der Waals surface area contributed by atoms with E-state index in [9.17, 15) is 8.42 Å². The van der Waals surface area contributed by atoms with Gasteiger partial charge in [-0.1, -0.05) is 0 Å². The van der Waals surface area contributed by atoms with E-state index in [2.05, 4.69) is 3.97 Å². The van der Waals surface area contributed by atoms with E-state index in [1.54, 1.807) is 0 Å². The summed E-state index contributed by atoms with van der Waals surface area (Å²) in [5.41, 5.74) is 0. The monoisotopic (exact) mass is 252 g/mol. The van der Waals surface area contributed by atoms with Gasteiger partial charge in [-0.15, -0.1) is 0 Å². The molecule has 5 N–H and O–H groups in total. The molecule has 0 aliphatic rings. The predicted molar refractivity (Wildman–Crippen MR) is 47.9 cm³/mol. The van der Waals surface area contributed by atoms with Crippen LogP contribution in [0.4, 0.5) is 0 Å². The maximum absolute atomic E-state index is 10.4. The van der Waals surface area contributed by atoms with E-state index in [1.165, 1.54) is 0 Å². The zero-order valence-electron chi connectivity index (χ0n) is 7.14. The summed E-state index contributed by atoms with van der Waals surface area (Å²) >= 11 is 0. The van der Waals surface area contributed by atoms with Crippen LogP contribution in [-0.2, 0) is 14.4 Å². The third-order valence-electron chi connectivity index (χ3n) is 1.74. The van der Waals surface area contributed by atoms with Crippen molar-refractivity contribution in [1.29, 1.82) is 0 Å². The van der Waals surface area contributed by atoms with Gasteiger partial charge in [0.2, 0.25) is 0 Å². The fourth-order valence-electron chi connectivity index (χ4n) is 0.629. The standard InChI is InChI=1S/C4H13O8PS/c5-1-13(2-6,3-7,4-8)12-14(9,10)11/h5-8H,1-4H2,(H,9,10,11). The van der Waals surface area contributed by atoms with Crippen LogP contribution in [0.5, 0.6) is 0 Å². The zero-order chi connectivity index (χ0) is 11.5. The molecule has 10 heteroatoms. The number of rotatable bonds is 6. The van der Waals surface area contributed by atoms with E-state index in [-0.39, 0.29) is 0 Å². The Morgan fingerprint density at radius 2 is 1.21 bits per heavy atom. The first-order valence-electron chi connectivity index (χ1n) is 3.39. The molecule has 8 nitrogen and oxygen atoms in total. The molecule has 88 valence electrons. The number of hydrogen-bond acceptors (Lipinski definition) is 7. The Morgan fingerprint density at radius 1 is 0.929 bits per heavy atom. The van der Waals surface area contributed by atoms with Gasteiger partial charge in [-0.05, 0) is 0 Å². The molecule has 0 atom stereocenters. The molecule has 0 aliphatic carbocycles. The van der Waals surface area contributed by atoms with Gasteiger partial charge in [0, 0.05) is 0 Å². The Kier molecular flexibility index (Phi) is 4.38. The summed E-state index contributed by atoms with van der Waals surface area (Å²) in [6.45, 7) is -4.46. The number of aliphatic hydroxyl groups excluding tert-OH is 4. The Hall–Kier alpha value is 0.140. The molecule has 0 bridgehead atoms. The summed E-state index contributed by atoms with van der Waals surface area (Å²) < 4.78 is 33.3. The Labute approximate surface area is 80.7 Å². The molecule has 0 unspecified atom stereocenters. The van der Waals surface area contributed by atoms with Crippen molar-refractivity contribution in [3.05, 3.63) is 0 Å². The first kappa shape index (κ1) is 14.1. The number of hydrogen-bond donors (Lipinski definition) is 5. The molecule has 0 radical (unpaired) electrons. The van der Waals surface area contributed by atoms with Crippen LogP contribution < -0.4 is 0 Å². The summed E-state index contributed by atoms with van der Waals surface area (Å²) in [5.74, 6) is 0. The predicted octanol–water partition coefficient (Wildman–Crippen LogP) is -1.93. The van der Waals surface area contributed by atoms with Crippen molar-refractivity contribution in [1.82, 2.24) is 0 Å². The zero-order valence-corrected chi connectivity index (χ0v) is 8.86. The number of aliphatic hydroxyl groups is 4. The second kappa shape index (κ2) is 4.33. The van der Waals surface area contributed by atoms with Crippen molar-refractivity contribution >= 4 is 17.2 Å². The quantitative estimate of drug-likeness (QED) is 0.271. The third kappa shape index (κ3) is 2.81. The molecule has 0 rings (SSSR count). The van der Waals surface area contributed by atoms with Crippen LogP contribution in [0.1, 0.15) is 0 Å². The van der Waals surface area contributed by atoms with Gasteiger partial charge in [-0.25, -0.2) is 0 Å². The van der Waals surface area contributed by atoms with Crippen LogP contribution >= 0.6 is 6.83 Å². The van der Waals surface area contributed by atoms with Crippen LogP contribution in [0.25, 0.3) is 0 Å². The van der Waals surface area contributed by atoms with Crippen molar-refractivity contribution in [2.75, 3.05) is 25.4 Å². The van der Waals surface area contributed by atoms with Crippen molar-refractivity contribution in [3.63, 3.8) is 0 Å². The molecule has 0 heterocycles. The van der Waals surface area contributed by atoms with Crippen LogP contribution in [0, 0.1) is 0 Å². The Bertz CT molecular complexity index is 258. The summed E-state index contributed by atoms with van der Waals surface area (Å²) in [6.07, 6.45) is -4.24. The SMILES string of the molecule is O=S(=O)(O)OP(CO)(CO)(CO)CO. The molecule has 0 saturated carbocycles. The van der Waals surface area contributed by atoms with Crippen LogP contribution in [0.15, 0.2) is 0 Å². The Balaban J connectivity index is 5.26. The average Bonchev–Trinajstić information content (AvgIpc) is 2.14. The maximum atomic E-state index is 10.4. The fourth-order valence-corrected chi connectivity index (χ4v) is 4.05. The topological polar surface area (TPSA) is 145 Å².